The highest BCUT2D eigenvalue weighted by Crippen LogP contribution is 2.37. The third kappa shape index (κ3) is 5.68. The molecule has 0 spiro atoms. The second-order valence-corrected chi connectivity index (χ2v) is 8.96. The zero-order valence-corrected chi connectivity index (χ0v) is 19.3. The Labute approximate surface area is 189 Å². The number of nitrogens with one attached hydrogen (secondary N) is 1. The number of hydrogen-bond acceptors (Lipinski definition) is 8. The third-order valence-corrected chi connectivity index (χ3v) is 5.80. The molecule has 3 rings (SSSR count). The number of halogens is 2. The van der Waals surface area contributed by atoms with E-state index in [4.69, 9.17) is 22.1 Å². The van der Waals surface area contributed by atoms with Crippen molar-refractivity contribution in [1.29, 1.82) is 0 Å². The fourth-order valence-electron chi connectivity index (χ4n) is 2.69. The Hall–Kier alpha value is -2.33. The van der Waals surface area contributed by atoms with E-state index in [0.29, 0.717) is 15.6 Å². The zero-order chi connectivity index (χ0) is 22.7. The Morgan fingerprint density at radius 1 is 1.23 bits per heavy atom. The van der Waals surface area contributed by atoms with Crippen LogP contribution in [-0.2, 0) is 0 Å². The maximum atomic E-state index is 14.6. The van der Waals surface area contributed by atoms with Crippen molar-refractivity contribution in [2.75, 3.05) is 11.9 Å². The number of hydrogen-bond donors (Lipinski definition) is 3. The van der Waals surface area contributed by atoms with E-state index >= 15 is 0 Å². The van der Waals surface area contributed by atoms with Crippen LogP contribution in [-0.4, -0.2) is 45.1 Å². The van der Waals surface area contributed by atoms with E-state index in [1.807, 2.05) is 26.8 Å². The molecule has 0 unspecified atom stereocenters. The lowest BCUT2D eigenvalue weighted by Gasteiger charge is -2.16. The van der Waals surface area contributed by atoms with Crippen LogP contribution in [0.4, 0.5) is 10.2 Å². The summed E-state index contributed by atoms with van der Waals surface area (Å²) in [4.78, 5) is 4.46. The third-order valence-electron chi connectivity index (χ3n) is 4.48. The van der Waals surface area contributed by atoms with Crippen molar-refractivity contribution < 1.29 is 14.2 Å². The van der Waals surface area contributed by atoms with Crippen LogP contribution in [0.2, 0.25) is 5.02 Å². The number of nitrogens with two attached hydrogens (primary N) is 1. The number of aryl methyl sites for hydroxylation is 1. The average molecular weight is 466 g/mol. The second-order valence-electron chi connectivity index (χ2n) is 7.58. The lowest BCUT2D eigenvalue weighted by molar-refractivity contribution is 0.129. The zero-order valence-electron chi connectivity index (χ0n) is 17.7. The smallest absolute Gasteiger partial charge is 0.165 e. The maximum absolute atomic E-state index is 14.6. The molecule has 2 atom stereocenters. The SMILES string of the molecule is Cc1cc(-c2nnc(-c3cc(F)c(OC[C@@H](N)[C@@H](C)O)cc3Cl)s2)cnc1NC(C)C. The molecule has 2 heterocycles. The fourth-order valence-corrected chi connectivity index (χ4v) is 3.85. The van der Waals surface area contributed by atoms with E-state index in [2.05, 4.69) is 20.5 Å². The topological polar surface area (TPSA) is 106 Å². The van der Waals surface area contributed by atoms with E-state index in [0.717, 1.165) is 16.9 Å². The number of ether oxygens (including phenoxy) is 1. The van der Waals surface area contributed by atoms with Gasteiger partial charge in [-0.25, -0.2) is 9.37 Å². The van der Waals surface area contributed by atoms with E-state index in [9.17, 15) is 9.50 Å². The Morgan fingerprint density at radius 3 is 2.58 bits per heavy atom. The van der Waals surface area contributed by atoms with Crippen molar-refractivity contribution in [3.05, 3.63) is 40.8 Å². The van der Waals surface area contributed by atoms with Crippen LogP contribution in [0.3, 0.4) is 0 Å². The molecule has 0 fully saturated rings. The van der Waals surface area contributed by atoms with Gasteiger partial charge in [0.2, 0.25) is 0 Å². The number of anilines is 1. The number of rotatable bonds is 8. The fraction of sp³-hybridized carbons (Fsp3) is 0.381. The Morgan fingerprint density at radius 2 is 1.94 bits per heavy atom. The first-order chi connectivity index (χ1) is 14.7. The van der Waals surface area contributed by atoms with Crippen LogP contribution in [0.15, 0.2) is 24.4 Å². The first-order valence-electron chi connectivity index (χ1n) is 9.78. The van der Waals surface area contributed by atoms with E-state index in [-0.39, 0.29) is 23.4 Å². The summed E-state index contributed by atoms with van der Waals surface area (Å²) in [5, 5.41) is 22.5. The molecule has 1 aromatic carbocycles. The molecule has 0 saturated carbocycles. The number of aromatic nitrogens is 3. The van der Waals surface area contributed by atoms with Gasteiger partial charge in [-0.05, 0) is 45.4 Å². The maximum Gasteiger partial charge on any atom is 0.165 e. The summed E-state index contributed by atoms with van der Waals surface area (Å²) in [6.45, 7) is 7.57. The van der Waals surface area contributed by atoms with E-state index in [1.54, 1.807) is 13.1 Å². The largest absolute Gasteiger partial charge is 0.489 e. The van der Waals surface area contributed by atoms with Crippen LogP contribution in [0, 0.1) is 12.7 Å². The van der Waals surface area contributed by atoms with Crippen molar-refractivity contribution in [2.45, 2.75) is 45.9 Å². The van der Waals surface area contributed by atoms with Gasteiger partial charge in [-0.2, -0.15) is 0 Å². The highest BCUT2D eigenvalue weighted by Gasteiger charge is 2.18. The normalized spacial score (nSPS) is 13.3. The molecule has 0 amide bonds. The van der Waals surface area contributed by atoms with Gasteiger partial charge in [0.25, 0.3) is 0 Å². The molecule has 0 saturated heterocycles. The monoisotopic (exact) mass is 465 g/mol. The minimum atomic E-state index is -0.772. The molecule has 3 aromatic rings. The number of pyridine rings is 1. The molecule has 7 nitrogen and oxygen atoms in total. The Balaban J connectivity index is 1.82. The number of aliphatic hydroxyl groups excluding tert-OH is 1. The highest BCUT2D eigenvalue weighted by molar-refractivity contribution is 7.18. The predicted molar refractivity (Wildman–Crippen MR) is 122 cm³/mol. The molecule has 31 heavy (non-hydrogen) atoms. The molecule has 166 valence electrons. The van der Waals surface area contributed by atoms with Crippen LogP contribution in [0.5, 0.6) is 5.75 Å². The number of aliphatic hydroxyl groups is 1. The standard InChI is InChI=1S/C21H25ClFN5O2S/c1-10(2)26-19-11(3)5-13(8-25-19)20-27-28-21(31-20)14-6-16(23)18(7-15(14)22)30-9-17(24)12(4)29/h5-8,10,12,17,29H,9,24H2,1-4H3,(H,25,26)/t12-,17-/m1/s1. The summed E-state index contributed by atoms with van der Waals surface area (Å²) >= 11 is 7.65. The molecule has 2 aromatic heterocycles. The molecule has 0 aliphatic rings. The average Bonchev–Trinajstić information content (AvgIpc) is 3.19. The van der Waals surface area contributed by atoms with Crippen LogP contribution in [0.1, 0.15) is 26.3 Å². The molecule has 4 N–H and O–H groups in total. The molecule has 0 radical (unpaired) electrons. The van der Waals surface area contributed by atoms with Gasteiger partial charge >= 0.3 is 0 Å². The second kappa shape index (κ2) is 9.86. The molecule has 0 aliphatic heterocycles. The van der Waals surface area contributed by atoms with Gasteiger partial charge in [0.05, 0.1) is 17.2 Å². The number of nitrogens with zero attached hydrogens (tertiary/aromatic N) is 3. The Bertz CT molecular complexity index is 1060. The van der Waals surface area contributed by atoms with Gasteiger partial charge < -0.3 is 20.9 Å². The quantitative estimate of drug-likeness (QED) is 0.456. The summed E-state index contributed by atoms with van der Waals surface area (Å²) in [5.74, 6) is 0.178. The van der Waals surface area contributed by atoms with Gasteiger partial charge in [0.15, 0.2) is 11.6 Å². The summed E-state index contributed by atoms with van der Waals surface area (Å²) < 4.78 is 19.9. The molecule has 10 heteroatoms. The first kappa shape index (κ1) is 23.3. The summed E-state index contributed by atoms with van der Waals surface area (Å²) in [6.07, 6.45) is 0.956. The Kier molecular flexibility index (Phi) is 7.42. The van der Waals surface area contributed by atoms with Crippen molar-refractivity contribution in [3.63, 3.8) is 0 Å². The predicted octanol–water partition coefficient (Wildman–Crippen LogP) is 4.28. The van der Waals surface area contributed by atoms with Crippen molar-refractivity contribution >= 4 is 28.8 Å². The lowest BCUT2D eigenvalue weighted by atomic mass is 10.2. The van der Waals surface area contributed by atoms with E-state index < -0.39 is 18.0 Å². The van der Waals surface area contributed by atoms with Crippen molar-refractivity contribution in [2.24, 2.45) is 5.73 Å². The van der Waals surface area contributed by atoms with Gasteiger partial charge in [-0.1, -0.05) is 22.9 Å². The van der Waals surface area contributed by atoms with Crippen molar-refractivity contribution in [1.82, 2.24) is 15.2 Å². The van der Waals surface area contributed by atoms with Gasteiger partial charge in [-0.15, -0.1) is 10.2 Å². The van der Waals surface area contributed by atoms with Crippen LogP contribution < -0.4 is 15.8 Å². The van der Waals surface area contributed by atoms with Crippen LogP contribution >= 0.6 is 22.9 Å². The summed E-state index contributed by atoms with van der Waals surface area (Å²) in [7, 11) is 0. The minimum Gasteiger partial charge on any atom is -0.489 e. The highest BCUT2D eigenvalue weighted by atomic mass is 35.5. The molecular weight excluding hydrogens is 441 g/mol. The lowest BCUT2D eigenvalue weighted by Crippen LogP contribution is -2.38. The van der Waals surface area contributed by atoms with Gasteiger partial charge in [0.1, 0.15) is 22.4 Å². The number of benzene rings is 1. The summed E-state index contributed by atoms with van der Waals surface area (Å²) in [5.41, 5.74) is 7.94. The van der Waals surface area contributed by atoms with Crippen LogP contribution in [0.25, 0.3) is 21.1 Å². The summed E-state index contributed by atoms with van der Waals surface area (Å²) in [6, 6.07) is 4.25. The van der Waals surface area contributed by atoms with E-state index in [1.165, 1.54) is 23.5 Å². The first-order valence-corrected chi connectivity index (χ1v) is 11.0. The minimum absolute atomic E-state index is 0.0392. The van der Waals surface area contributed by atoms with Gasteiger partial charge in [-0.3, -0.25) is 0 Å². The van der Waals surface area contributed by atoms with Crippen molar-refractivity contribution in [3.8, 4) is 26.9 Å². The molecule has 0 aliphatic carbocycles. The molecule has 0 bridgehead atoms. The molecular formula is C21H25ClFN5O2S. The van der Waals surface area contributed by atoms with Gasteiger partial charge in [0, 0.05) is 29.4 Å².